The molecule has 0 atom stereocenters. The number of rotatable bonds is 6. The Hall–Kier alpha value is -2.39. The lowest BCUT2D eigenvalue weighted by Gasteiger charge is -2.21. The van der Waals surface area contributed by atoms with Crippen LogP contribution >= 0.6 is 11.6 Å². The number of nitrogens with zero attached hydrogens (tertiary/aromatic N) is 3. The molecule has 0 aliphatic heterocycles. The highest BCUT2D eigenvalue weighted by atomic mass is 35.5. The smallest absolute Gasteiger partial charge is 0.333 e. The van der Waals surface area contributed by atoms with Crippen LogP contribution in [0.15, 0.2) is 29.6 Å². The first kappa shape index (κ1) is 22.9. The van der Waals surface area contributed by atoms with Crippen molar-refractivity contribution in [1.82, 2.24) is 14.7 Å². The predicted molar refractivity (Wildman–Crippen MR) is 115 cm³/mol. The molecule has 0 radical (unpaired) electrons. The summed E-state index contributed by atoms with van der Waals surface area (Å²) >= 11 is 6.23. The molecule has 0 fully saturated rings. The molecule has 2 aromatic rings. The fourth-order valence-electron chi connectivity index (χ4n) is 2.70. The van der Waals surface area contributed by atoms with E-state index >= 15 is 0 Å². The van der Waals surface area contributed by atoms with Crippen LogP contribution in [0.2, 0.25) is 5.02 Å². The Kier molecular flexibility index (Phi) is 7.07. The van der Waals surface area contributed by atoms with E-state index in [0.717, 1.165) is 17.3 Å². The summed E-state index contributed by atoms with van der Waals surface area (Å²) in [5.74, 6) is 0.641. The maximum atomic E-state index is 12.5. The van der Waals surface area contributed by atoms with Crippen LogP contribution in [0.1, 0.15) is 50.7 Å². The minimum absolute atomic E-state index is 0.0718. The Morgan fingerprint density at radius 1 is 1.03 bits per heavy atom. The molecule has 158 valence electrons. The van der Waals surface area contributed by atoms with E-state index in [1.54, 1.807) is 31.1 Å². The van der Waals surface area contributed by atoms with Gasteiger partial charge in [0, 0.05) is 24.8 Å². The second kappa shape index (κ2) is 8.96. The van der Waals surface area contributed by atoms with Crippen molar-refractivity contribution >= 4 is 39.2 Å². The number of aromatic nitrogens is 2. The molecule has 0 spiro atoms. The Bertz CT molecular complexity index is 960. The highest BCUT2D eigenvalue weighted by Gasteiger charge is 2.23. The molecule has 29 heavy (non-hydrogen) atoms. The fraction of sp³-hybridized carbons (Fsp3) is 0.421. The molecule has 1 heterocycles. The number of anilines is 2. The zero-order chi connectivity index (χ0) is 21.9. The normalized spacial score (nSPS) is 11.6. The van der Waals surface area contributed by atoms with Gasteiger partial charge in [0.2, 0.25) is 0 Å². The van der Waals surface area contributed by atoms with Crippen LogP contribution in [0.5, 0.6) is 0 Å². The van der Waals surface area contributed by atoms with Crippen LogP contribution in [-0.2, 0) is 10.0 Å². The number of nitrogens with one attached hydrogen (secondary N) is 2. The standard InChI is InChI=1S/C19H26ClN5O3S/c1-11(2)14-7-13(20)8-15(12(3)4)18(14)23-19(26)24-29(27,28)17-10-21-16(9-22-17)25(5)6/h7-12H,1-6H3,(H2,23,24,26). The molecule has 0 aliphatic rings. The topological polar surface area (TPSA) is 104 Å². The monoisotopic (exact) mass is 439 g/mol. The van der Waals surface area contributed by atoms with Gasteiger partial charge >= 0.3 is 6.03 Å². The second-order valence-corrected chi connectivity index (χ2v) is 9.50. The Balaban J connectivity index is 2.30. The lowest BCUT2D eigenvalue weighted by atomic mass is 9.92. The highest BCUT2D eigenvalue weighted by Crippen LogP contribution is 2.35. The van der Waals surface area contributed by atoms with Gasteiger partial charge < -0.3 is 10.2 Å². The summed E-state index contributed by atoms with van der Waals surface area (Å²) < 4.78 is 27.0. The molecule has 0 bridgehead atoms. The van der Waals surface area contributed by atoms with Gasteiger partial charge in [-0.25, -0.2) is 19.5 Å². The molecule has 2 rings (SSSR count). The van der Waals surface area contributed by atoms with Gasteiger partial charge in [-0.1, -0.05) is 39.3 Å². The van der Waals surface area contributed by atoms with Crippen LogP contribution in [0, 0.1) is 0 Å². The van der Waals surface area contributed by atoms with Crippen LogP contribution in [0.4, 0.5) is 16.3 Å². The number of hydrogen-bond acceptors (Lipinski definition) is 6. The number of benzene rings is 1. The molecule has 0 aliphatic carbocycles. The first-order chi connectivity index (χ1) is 13.4. The van der Waals surface area contributed by atoms with Crippen LogP contribution in [0.3, 0.4) is 0 Å². The van der Waals surface area contributed by atoms with Crippen molar-refractivity contribution in [2.45, 2.75) is 44.6 Å². The molecular weight excluding hydrogens is 414 g/mol. The van der Waals surface area contributed by atoms with Crippen LogP contribution in [0.25, 0.3) is 0 Å². The fourth-order valence-corrected chi connectivity index (χ4v) is 3.71. The molecular formula is C19H26ClN5O3S. The molecule has 10 heteroatoms. The van der Waals surface area contributed by atoms with Gasteiger partial charge in [0.1, 0.15) is 5.82 Å². The third-order valence-electron chi connectivity index (χ3n) is 4.22. The van der Waals surface area contributed by atoms with E-state index in [1.165, 1.54) is 6.20 Å². The highest BCUT2D eigenvalue weighted by molar-refractivity contribution is 7.90. The largest absolute Gasteiger partial charge is 0.361 e. The Morgan fingerprint density at radius 2 is 1.59 bits per heavy atom. The van der Waals surface area contributed by atoms with Crippen molar-refractivity contribution in [2.24, 2.45) is 0 Å². The molecule has 0 saturated heterocycles. The average Bonchev–Trinajstić information content (AvgIpc) is 2.62. The van der Waals surface area contributed by atoms with E-state index in [2.05, 4.69) is 15.3 Å². The van der Waals surface area contributed by atoms with Crippen molar-refractivity contribution in [3.63, 3.8) is 0 Å². The van der Waals surface area contributed by atoms with Gasteiger partial charge in [0.05, 0.1) is 12.4 Å². The number of halogens is 1. The lowest BCUT2D eigenvalue weighted by molar-refractivity contribution is 0.256. The minimum Gasteiger partial charge on any atom is -0.361 e. The number of hydrogen-bond donors (Lipinski definition) is 2. The number of carbonyl (C=O) groups excluding carboxylic acids is 1. The van der Waals surface area contributed by atoms with E-state index in [0.29, 0.717) is 16.5 Å². The molecule has 2 N–H and O–H groups in total. The van der Waals surface area contributed by atoms with Crippen LogP contribution in [-0.4, -0.2) is 38.5 Å². The zero-order valence-corrected chi connectivity index (χ0v) is 18.9. The summed E-state index contributed by atoms with van der Waals surface area (Å²) in [4.78, 5) is 22.1. The summed E-state index contributed by atoms with van der Waals surface area (Å²) in [5.41, 5.74) is 2.20. The van der Waals surface area contributed by atoms with Gasteiger partial charge in [-0.05, 0) is 35.1 Å². The number of urea groups is 1. The lowest BCUT2D eigenvalue weighted by Crippen LogP contribution is -2.35. The molecule has 0 saturated carbocycles. The molecule has 8 nitrogen and oxygen atoms in total. The average molecular weight is 440 g/mol. The summed E-state index contributed by atoms with van der Waals surface area (Å²) in [5, 5.41) is 2.90. The van der Waals surface area contributed by atoms with Crippen molar-refractivity contribution in [1.29, 1.82) is 0 Å². The third kappa shape index (κ3) is 5.57. The molecule has 0 unspecified atom stereocenters. The van der Waals surface area contributed by atoms with E-state index in [-0.39, 0.29) is 16.9 Å². The minimum atomic E-state index is -4.18. The van der Waals surface area contributed by atoms with Gasteiger partial charge in [-0.2, -0.15) is 8.42 Å². The summed E-state index contributed by atoms with van der Waals surface area (Å²) in [7, 11) is -0.660. The number of amides is 2. The SMILES string of the molecule is CC(C)c1cc(Cl)cc(C(C)C)c1NC(=O)NS(=O)(=O)c1cnc(N(C)C)cn1. The van der Waals surface area contributed by atoms with E-state index < -0.39 is 16.1 Å². The van der Waals surface area contributed by atoms with Gasteiger partial charge in [-0.3, -0.25) is 0 Å². The Labute approximate surface area is 176 Å². The van der Waals surface area contributed by atoms with Gasteiger partial charge in [0.15, 0.2) is 5.03 Å². The Morgan fingerprint density at radius 3 is 2.00 bits per heavy atom. The maximum absolute atomic E-state index is 12.5. The van der Waals surface area contributed by atoms with Crippen molar-refractivity contribution in [3.05, 3.63) is 40.7 Å². The van der Waals surface area contributed by atoms with Crippen molar-refractivity contribution in [3.8, 4) is 0 Å². The first-order valence-corrected chi connectivity index (χ1v) is 10.9. The molecule has 2 amide bonds. The van der Waals surface area contributed by atoms with Gasteiger partial charge in [-0.15, -0.1) is 0 Å². The number of sulfonamides is 1. The molecule has 1 aromatic heterocycles. The van der Waals surface area contributed by atoms with Crippen molar-refractivity contribution in [2.75, 3.05) is 24.3 Å². The van der Waals surface area contributed by atoms with E-state index in [1.807, 2.05) is 32.4 Å². The summed E-state index contributed by atoms with van der Waals surface area (Å²) in [6.07, 6.45) is 2.42. The van der Waals surface area contributed by atoms with Crippen LogP contribution < -0.4 is 14.9 Å². The quantitative estimate of drug-likeness (QED) is 0.706. The van der Waals surface area contributed by atoms with Gasteiger partial charge in [0.25, 0.3) is 10.0 Å². The second-order valence-electron chi connectivity index (χ2n) is 7.44. The van der Waals surface area contributed by atoms with E-state index in [4.69, 9.17) is 11.6 Å². The van der Waals surface area contributed by atoms with E-state index in [9.17, 15) is 13.2 Å². The maximum Gasteiger partial charge on any atom is 0.333 e. The van der Waals surface area contributed by atoms with Crippen molar-refractivity contribution < 1.29 is 13.2 Å². The summed E-state index contributed by atoms with van der Waals surface area (Å²) in [6, 6.07) is 2.66. The first-order valence-electron chi connectivity index (χ1n) is 9.09. The number of carbonyl (C=O) groups is 1. The zero-order valence-electron chi connectivity index (χ0n) is 17.3. The summed E-state index contributed by atoms with van der Waals surface area (Å²) in [6.45, 7) is 7.88. The molecule has 1 aromatic carbocycles. The third-order valence-corrected chi connectivity index (χ3v) is 5.66. The predicted octanol–water partition coefficient (Wildman–Crippen LogP) is 3.95.